The zero-order valence-corrected chi connectivity index (χ0v) is 27.6. The number of benzene rings is 4. The van der Waals surface area contributed by atoms with Crippen LogP contribution in [-0.4, -0.2) is 29.2 Å². The summed E-state index contributed by atoms with van der Waals surface area (Å²) in [5.74, 6) is 0.417. The van der Waals surface area contributed by atoms with Crippen molar-refractivity contribution < 1.29 is 9.53 Å². The van der Waals surface area contributed by atoms with Crippen LogP contribution in [0.15, 0.2) is 119 Å². The van der Waals surface area contributed by atoms with Crippen LogP contribution in [-0.2, 0) is 10.3 Å². The van der Waals surface area contributed by atoms with Gasteiger partial charge in [0.2, 0.25) is 5.91 Å². The van der Waals surface area contributed by atoms with Gasteiger partial charge in [0, 0.05) is 41.3 Å². The molecule has 8 nitrogen and oxygen atoms in total. The standard InChI is InChI=1S/C38H28N6O2S2/c1-24(45)42-33-19-29(12-15-35(33)46-2)30-20-38(41-22-30,36-40-16-17-47-36)31-13-10-26(11-14-31)28-4-3-5-32(18-28)43-37-44-34(23-48-37)27-8-6-25(21-39)7-9-27/h3-20,22-23H,1-2H3,(H,42,45)(H,43,44). The van der Waals surface area contributed by atoms with Gasteiger partial charge in [-0.1, -0.05) is 54.6 Å². The van der Waals surface area contributed by atoms with Crippen LogP contribution in [0.25, 0.3) is 28.0 Å². The lowest BCUT2D eigenvalue weighted by Gasteiger charge is -2.23. The summed E-state index contributed by atoms with van der Waals surface area (Å²) in [6, 6.07) is 32.0. The number of carbonyl (C=O) groups excluding carboxylic acids is 1. The van der Waals surface area contributed by atoms with E-state index in [1.165, 1.54) is 18.3 Å². The van der Waals surface area contributed by atoms with Crippen LogP contribution >= 0.6 is 22.7 Å². The summed E-state index contributed by atoms with van der Waals surface area (Å²) in [6.07, 6.45) is 5.80. The number of aliphatic imine (C=N–C) groups is 1. The number of ether oxygens (including phenoxy) is 1. The molecule has 7 rings (SSSR count). The van der Waals surface area contributed by atoms with Crippen LogP contribution in [0.4, 0.5) is 16.5 Å². The minimum Gasteiger partial charge on any atom is -0.495 e. The number of nitrogens with zero attached hydrogens (tertiary/aromatic N) is 4. The number of allylic oxidation sites excluding steroid dienone is 1. The van der Waals surface area contributed by atoms with E-state index in [2.05, 4.69) is 64.2 Å². The Hall–Kier alpha value is -5.89. The van der Waals surface area contributed by atoms with Crippen LogP contribution in [0.2, 0.25) is 0 Å². The van der Waals surface area contributed by atoms with E-state index in [0.717, 1.165) is 54.9 Å². The molecule has 2 aromatic heterocycles. The van der Waals surface area contributed by atoms with Crippen LogP contribution in [0, 0.1) is 11.3 Å². The molecule has 0 aliphatic carbocycles. The second-order valence-electron chi connectivity index (χ2n) is 11.1. The van der Waals surface area contributed by atoms with Gasteiger partial charge in [0.25, 0.3) is 0 Å². The molecule has 0 saturated carbocycles. The first-order valence-electron chi connectivity index (χ1n) is 15.0. The van der Waals surface area contributed by atoms with E-state index < -0.39 is 5.54 Å². The number of nitriles is 1. The molecule has 4 aromatic carbocycles. The molecule has 1 aliphatic heterocycles. The Labute approximate surface area is 285 Å². The van der Waals surface area contributed by atoms with Gasteiger partial charge in [0.1, 0.15) is 10.8 Å². The van der Waals surface area contributed by atoms with E-state index in [9.17, 15) is 4.79 Å². The minimum absolute atomic E-state index is 0.171. The third kappa shape index (κ3) is 6.12. The van der Waals surface area contributed by atoms with E-state index in [1.807, 2.05) is 59.4 Å². The van der Waals surface area contributed by atoms with Gasteiger partial charge in [-0.3, -0.25) is 9.79 Å². The molecule has 1 unspecified atom stereocenters. The van der Waals surface area contributed by atoms with E-state index in [4.69, 9.17) is 20.0 Å². The molecule has 0 saturated heterocycles. The van der Waals surface area contributed by atoms with Crippen molar-refractivity contribution >= 4 is 56.9 Å². The Morgan fingerprint density at radius 1 is 0.917 bits per heavy atom. The van der Waals surface area contributed by atoms with Crippen molar-refractivity contribution in [3.8, 4) is 34.2 Å². The molecule has 234 valence electrons. The van der Waals surface area contributed by atoms with Crippen molar-refractivity contribution in [2.24, 2.45) is 4.99 Å². The maximum atomic E-state index is 11.8. The van der Waals surface area contributed by atoms with Gasteiger partial charge in [-0.15, -0.1) is 22.7 Å². The summed E-state index contributed by atoms with van der Waals surface area (Å²) in [7, 11) is 1.58. The van der Waals surface area contributed by atoms with E-state index >= 15 is 0 Å². The van der Waals surface area contributed by atoms with Crippen molar-refractivity contribution in [2.45, 2.75) is 12.5 Å². The topological polar surface area (TPSA) is 112 Å². The average molecular weight is 665 g/mol. The van der Waals surface area contributed by atoms with E-state index in [1.54, 1.807) is 36.8 Å². The molecule has 10 heteroatoms. The summed E-state index contributed by atoms with van der Waals surface area (Å²) >= 11 is 3.09. The number of hydrogen-bond acceptors (Lipinski definition) is 9. The van der Waals surface area contributed by atoms with Crippen LogP contribution in [0.3, 0.4) is 0 Å². The minimum atomic E-state index is -0.781. The average Bonchev–Trinajstić information content (AvgIpc) is 3.91. The van der Waals surface area contributed by atoms with Crippen LogP contribution in [0.5, 0.6) is 5.75 Å². The number of nitrogens with one attached hydrogen (secondary N) is 2. The zero-order valence-electron chi connectivity index (χ0n) is 26.0. The largest absolute Gasteiger partial charge is 0.495 e. The molecule has 48 heavy (non-hydrogen) atoms. The Morgan fingerprint density at radius 2 is 1.71 bits per heavy atom. The monoisotopic (exact) mass is 664 g/mol. The quantitative estimate of drug-likeness (QED) is 0.160. The number of hydrogen-bond donors (Lipinski definition) is 2. The molecule has 0 spiro atoms. The number of carbonyl (C=O) groups is 1. The third-order valence-corrected chi connectivity index (χ3v) is 9.62. The molecule has 2 N–H and O–H groups in total. The third-order valence-electron chi connectivity index (χ3n) is 7.96. The highest BCUT2D eigenvalue weighted by atomic mass is 32.1. The highest BCUT2D eigenvalue weighted by Crippen LogP contribution is 2.43. The van der Waals surface area contributed by atoms with Gasteiger partial charge >= 0.3 is 0 Å². The maximum absolute atomic E-state index is 11.8. The molecule has 0 bridgehead atoms. The van der Waals surface area contributed by atoms with Crippen molar-refractivity contribution in [1.82, 2.24) is 9.97 Å². The number of anilines is 3. The molecule has 3 heterocycles. The van der Waals surface area contributed by atoms with E-state index in [0.29, 0.717) is 17.0 Å². The number of methoxy groups -OCH3 is 1. The highest BCUT2D eigenvalue weighted by molar-refractivity contribution is 7.14. The van der Waals surface area contributed by atoms with Gasteiger partial charge in [-0.05, 0) is 70.3 Å². The van der Waals surface area contributed by atoms with Gasteiger partial charge in [-0.25, -0.2) is 9.97 Å². The maximum Gasteiger partial charge on any atom is 0.221 e. The molecule has 0 radical (unpaired) electrons. The molecule has 6 aromatic rings. The lowest BCUT2D eigenvalue weighted by atomic mass is 9.88. The first-order valence-corrected chi connectivity index (χ1v) is 16.8. The van der Waals surface area contributed by atoms with Gasteiger partial charge in [0.05, 0.1) is 30.1 Å². The second-order valence-corrected chi connectivity index (χ2v) is 12.8. The predicted molar refractivity (Wildman–Crippen MR) is 194 cm³/mol. The van der Waals surface area contributed by atoms with Crippen molar-refractivity contribution in [3.63, 3.8) is 0 Å². The summed E-state index contributed by atoms with van der Waals surface area (Å²) in [5.41, 5.74) is 8.17. The fourth-order valence-corrected chi connectivity index (χ4v) is 7.13. The Balaban J connectivity index is 1.15. The summed E-state index contributed by atoms with van der Waals surface area (Å²) < 4.78 is 5.45. The summed E-state index contributed by atoms with van der Waals surface area (Å²) in [5, 5.41) is 21.0. The second kappa shape index (κ2) is 13.1. The smallest absolute Gasteiger partial charge is 0.221 e. The fraction of sp³-hybridized carbons (Fsp3) is 0.0789. The predicted octanol–water partition coefficient (Wildman–Crippen LogP) is 8.93. The SMILES string of the molecule is COc1ccc(C2=CC(c3ccc(-c4cccc(Nc5nc(-c6ccc(C#N)cc6)cs5)c4)cc3)(c3nccs3)N=C2)cc1NC(C)=O. The van der Waals surface area contributed by atoms with Crippen molar-refractivity contribution in [3.05, 3.63) is 136 Å². The lowest BCUT2D eigenvalue weighted by Crippen LogP contribution is -2.20. The molecule has 1 aliphatic rings. The molecule has 1 atom stereocenters. The molecular weight excluding hydrogens is 637 g/mol. The number of aromatic nitrogens is 2. The fourth-order valence-electron chi connectivity index (χ4n) is 5.61. The Kier molecular flexibility index (Phi) is 8.38. The summed E-state index contributed by atoms with van der Waals surface area (Å²) in [4.78, 5) is 26.3. The normalized spacial score (nSPS) is 15.1. The Bertz CT molecular complexity index is 2210. The molecular formula is C38H28N6O2S2. The Morgan fingerprint density at radius 3 is 2.44 bits per heavy atom. The first-order chi connectivity index (χ1) is 23.4. The first kappa shape index (κ1) is 30.7. The number of thiazole rings is 2. The van der Waals surface area contributed by atoms with Gasteiger partial charge in [0.15, 0.2) is 10.7 Å². The van der Waals surface area contributed by atoms with Gasteiger partial charge in [-0.2, -0.15) is 5.26 Å². The van der Waals surface area contributed by atoms with Crippen molar-refractivity contribution in [1.29, 1.82) is 5.26 Å². The number of rotatable bonds is 9. The van der Waals surface area contributed by atoms with E-state index in [-0.39, 0.29) is 5.91 Å². The highest BCUT2D eigenvalue weighted by Gasteiger charge is 2.37. The zero-order chi connectivity index (χ0) is 33.1. The van der Waals surface area contributed by atoms with Gasteiger partial charge < -0.3 is 15.4 Å². The lowest BCUT2D eigenvalue weighted by molar-refractivity contribution is -0.114. The molecule has 1 amide bonds. The van der Waals surface area contributed by atoms with Crippen molar-refractivity contribution in [2.75, 3.05) is 17.7 Å². The number of amides is 1. The summed E-state index contributed by atoms with van der Waals surface area (Å²) in [6.45, 7) is 1.47. The van der Waals surface area contributed by atoms with Crippen LogP contribution < -0.4 is 15.4 Å². The van der Waals surface area contributed by atoms with Crippen LogP contribution in [0.1, 0.15) is 28.6 Å². The molecule has 0 fully saturated rings.